The standard InChI is InChI=1S/C30H35Cl2N3O5S/c1-6-21(3)33-30(37)22(4)34(18-23-9-7-8-10-26(23)32)29(36)19-35(27-17-24(31)13-16-28(27)40-5)41(38,39)25-14-11-20(2)12-15-25/h7-17,21-22H,6,18-19H2,1-5H3,(H,33,37)/t21-,22+/m1/s1. The first-order chi connectivity index (χ1) is 19.4. The Kier molecular flexibility index (Phi) is 11.1. The van der Waals surface area contributed by atoms with E-state index in [0.29, 0.717) is 17.0 Å². The molecule has 0 radical (unpaired) electrons. The minimum Gasteiger partial charge on any atom is -0.495 e. The van der Waals surface area contributed by atoms with Gasteiger partial charge in [0, 0.05) is 22.6 Å². The highest BCUT2D eigenvalue weighted by atomic mass is 35.5. The number of anilines is 1. The number of carbonyl (C=O) groups is 2. The number of amides is 2. The lowest BCUT2D eigenvalue weighted by molar-refractivity contribution is -0.139. The largest absolute Gasteiger partial charge is 0.495 e. The van der Waals surface area contributed by atoms with E-state index in [4.69, 9.17) is 27.9 Å². The number of nitrogens with one attached hydrogen (secondary N) is 1. The van der Waals surface area contributed by atoms with Crippen LogP contribution < -0.4 is 14.4 Å². The summed E-state index contributed by atoms with van der Waals surface area (Å²) in [5, 5.41) is 3.58. The van der Waals surface area contributed by atoms with Gasteiger partial charge < -0.3 is 15.0 Å². The molecular weight excluding hydrogens is 585 g/mol. The average molecular weight is 621 g/mol. The minimum absolute atomic E-state index is 0.0152. The van der Waals surface area contributed by atoms with Crippen molar-refractivity contribution in [2.24, 2.45) is 0 Å². The van der Waals surface area contributed by atoms with Gasteiger partial charge in [0.2, 0.25) is 11.8 Å². The second-order valence-electron chi connectivity index (χ2n) is 9.75. The molecule has 0 bridgehead atoms. The van der Waals surface area contributed by atoms with Crippen LogP contribution in [0, 0.1) is 6.92 Å². The van der Waals surface area contributed by atoms with E-state index < -0.39 is 28.5 Å². The fourth-order valence-electron chi connectivity index (χ4n) is 4.07. The Morgan fingerprint density at radius 1 is 1.00 bits per heavy atom. The molecule has 2 amide bonds. The van der Waals surface area contributed by atoms with Crippen LogP contribution in [-0.2, 0) is 26.2 Å². The van der Waals surface area contributed by atoms with Gasteiger partial charge in [-0.25, -0.2) is 8.42 Å². The Hall–Kier alpha value is -3.27. The molecule has 0 aliphatic rings. The van der Waals surface area contributed by atoms with Crippen molar-refractivity contribution >= 4 is 50.7 Å². The van der Waals surface area contributed by atoms with Crippen molar-refractivity contribution in [2.75, 3.05) is 18.0 Å². The Bertz CT molecular complexity index is 1480. The van der Waals surface area contributed by atoms with Gasteiger partial charge in [-0.1, -0.05) is 66.0 Å². The molecule has 0 spiro atoms. The van der Waals surface area contributed by atoms with E-state index in [0.717, 1.165) is 9.87 Å². The van der Waals surface area contributed by atoms with Crippen molar-refractivity contribution in [1.29, 1.82) is 0 Å². The van der Waals surface area contributed by atoms with Gasteiger partial charge in [-0.15, -0.1) is 0 Å². The molecule has 3 aromatic rings. The Labute approximate surface area is 252 Å². The van der Waals surface area contributed by atoms with Crippen LogP contribution in [0.5, 0.6) is 5.75 Å². The maximum atomic E-state index is 14.1. The first kappa shape index (κ1) is 32.2. The van der Waals surface area contributed by atoms with Crippen LogP contribution in [0.15, 0.2) is 71.6 Å². The Balaban J connectivity index is 2.11. The summed E-state index contributed by atoms with van der Waals surface area (Å²) in [5.41, 5.74) is 1.57. The summed E-state index contributed by atoms with van der Waals surface area (Å²) in [6, 6.07) is 16.8. The number of hydrogen-bond acceptors (Lipinski definition) is 5. The van der Waals surface area contributed by atoms with E-state index in [1.807, 2.05) is 20.8 Å². The van der Waals surface area contributed by atoms with Crippen molar-refractivity contribution in [2.45, 2.75) is 57.6 Å². The highest BCUT2D eigenvalue weighted by Gasteiger charge is 2.34. The molecule has 220 valence electrons. The van der Waals surface area contributed by atoms with Gasteiger partial charge in [-0.05, 0) is 69.2 Å². The number of sulfonamides is 1. The van der Waals surface area contributed by atoms with Gasteiger partial charge in [-0.2, -0.15) is 0 Å². The van der Waals surface area contributed by atoms with E-state index in [9.17, 15) is 18.0 Å². The molecular formula is C30H35Cl2N3O5S. The molecule has 0 fully saturated rings. The minimum atomic E-state index is -4.28. The first-order valence-corrected chi connectivity index (χ1v) is 15.3. The van der Waals surface area contributed by atoms with Crippen LogP contribution in [0.2, 0.25) is 10.0 Å². The molecule has 0 unspecified atom stereocenters. The molecule has 0 saturated carbocycles. The van der Waals surface area contributed by atoms with Gasteiger partial charge in [0.15, 0.2) is 0 Å². The van der Waals surface area contributed by atoms with E-state index in [-0.39, 0.29) is 39.8 Å². The van der Waals surface area contributed by atoms with Crippen LogP contribution in [0.1, 0.15) is 38.3 Å². The SMILES string of the molecule is CC[C@@H](C)NC(=O)[C@H](C)N(Cc1ccccc1Cl)C(=O)CN(c1cc(Cl)ccc1OC)S(=O)(=O)c1ccc(C)cc1. The van der Waals surface area contributed by atoms with Crippen molar-refractivity contribution in [1.82, 2.24) is 10.2 Å². The van der Waals surface area contributed by atoms with E-state index in [1.165, 1.54) is 36.3 Å². The summed E-state index contributed by atoms with van der Waals surface area (Å²) in [6.07, 6.45) is 0.702. The maximum absolute atomic E-state index is 14.1. The first-order valence-electron chi connectivity index (χ1n) is 13.1. The number of rotatable bonds is 12. The highest BCUT2D eigenvalue weighted by molar-refractivity contribution is 7.92. The monoisotopic (exact) mass is 619 g/mol. The normalized spacial score (nSPS) is 12.8. The zero-order valence-electron chi connectivity index (χ0n) is 23.7. The van der Waals surface area contributed by atoms with Crippen molar-refractivity contribution in [3.63, 3.8) is 0 Å². The number of ether oxygens (including phenoxy) is 1. The predicted molar refractivity (Wildman–Crippen MR) is 163 cm³/mol. The molecule has 8 nitrogen and oxygen atoms in total. The predicted octanol–water partition coefficient (Wildman–Crippen LogP) is 5.84. The molecule has 0 saturated heterocycles. The third-order valence-corrected chi connectivity index (χ3v) is 9.14. The van der Waals surface area contributed by atoms with E-state index >= 15 is 0 Å². The van der Waals surface area contributed by atoms with Gasteiger partial charge in [0.05, 0.1) is 17.7 Å². The van der Waals surface area contributed by atoms with Crippen LogP contribution in [-0.4, -0.2) is 50.9 Å². The smallest absolute Gasteiger partial charge is 0.264 e. The summed E-state index contributed by atoms with van der Waals surface area (Å²) < 4.78 is 34.5. The fourth-order valence-corrected chi connectivity index (χ4v) is 5.85. The lowest BCUT2D eigenvalue weighted by Crippen LogP contribution is -2.52. The second kappa shape index (κ2) is 14.1. The number of hydrogen-bond donors (Lipinski definition) is 1. The molecule has 0 aliphatic heterocycles. The molecule has 3 rings (SSSR count). The third kappa shape index (κ3) is 7.93. The van der Waals surface area contributed by atoms with Crippen molar-refractivity contribution < 1.29 is 22.7 Å². The summed E-state index contributed by atoms with van der Waals surface area (Å²) in [4.78, 5) is 28.6. The summed E-state index contributed by atoms with van der Waals surface area (Å²) in [7, 11) is -2.88. The van der Waals surface area contributed by atoms with Gasteiger partial charge >= 0.3 is 0 Å². The molecule has 0 aromatic heterocycles. The number of nitrogens with zero attached hydrogens (tertiary/aromatic N) is 2. The van der Waals surface area contributed by atoms with Gasteiger partial charge in [0.25, 0.3) is 10.0 Å². The zero-order chi connectivity index (χ0) is 30.3. The number of methoxy groups -OCH3 is 1. The molecule has 11 heteroatoms. The average Bonchev–Trinajstić information content (AvgIpc) is 2.95. The fraction of sp³-hybridized carbons (Fsp3) is 0.333. The lowest BCUT2D eigenvalue weighted by atomic mass is 10.1. The van der Waals surface area contributed by atoms with Gasteiger partial charge in [0.1, 0.15) is 18.3 Å². The van der Waals surface area contributed by atoms with E-state index in [2.05, 4.69) is 5.32 Å². The highest BCUT2D eigenvalue weighted by Crippen LogP contribution is 2.35. The van der Waals surface area contributed by atoms with Gasteiger partial charge in [-0.3, -0.25) is 13.9 Å². The molecule has 2 atom stereocenters. The second-order valence-corrected chi connectivity index (χ2v) is 12.5. The number of halogens is 2. The number of aryl methyl sites for hydroxylation is 1. The van der Waals surface area contributed by atoms with Crippen LogP contribution >= 0.6 is 23.2 Å². The number of benzene rings is 3. The summed E-state index contributed by atoms with van der Waals surface area (Å²) >= 11 is 12.7. The molecule has 41 heavy (non-hydrogen) atoms. The Morgan fingerprint density at radius 3 is 2.27 bits per heavy atom. The third-order valence-electron chi connectivity index (χ3n) is 6.76. The molecule has 3 aromatic carbocycles. The van der Waals surface area contributed by atoms with Crippen LogP contribution in [0.25, 0.3) is 0 Å². The summed E-state index contributed by atoms with van der Waals surface area (Å²) in [5.74, 6) is -0.777. The zero-order valence-corrected chi connectivity index (χ0v) is 26.1. The summed E-state index contributed by atoms with van der Waals surface area (Å²) in [6.45, 7) is 6.61. The molecule has 0 aliphatic carbocycles. The van der Waals surface area contributed by atoms with Crippen molar-refractivity contribution in [3.05, 3.63) is 87.9 Å². The molecule has 1 N–H and O–H groups in total. The van der Waals surface area contributed by atoms with Crippen LogP contribution in [0.3, 0.4) is 0 Å². The lowest BCUT2D eigenvalue weighted by Gasteiger charge is -2.33. The van der Waals surface area contributed by atoms with Crippen LogP contribution in [0.4, 0.5) is 5.69 Å². The maximum Gasteiger partial charge on any atom is 0.264 e. The quantitative estimate of drug-likeness (QED) is 0.275. The van der Waals surface area contributed by atoms with Crippen molar-refractivity contribution in [3.8, 4) is 5.75 Å². The Morgan fingerprint density at radius 2 is 1.66 bits per heavy atom. The molecule has 0 heterocycles. The van der Waals surface area contributed by atoms with E-state index in [1.54, 1.807) is 49.4 Å². The topological polar surface area (TPSA) is 96.0 Å². The number of carbonyl (C=O) groups excluding carboxylic acids is 2.